The van der Waals surface area contributed by atoms with Gasteiger partial charge in [-0.2, -0.15) is 0 Å². The van der Waals surface area contributed by atoms with Crippen molar-refractivity contribution in [3.63, 3.8) is 0 Å². The second-order valence-electron chi connectivity index (χ2n) is 4.28. The van der Waals surface area contributed by atoms with Gasteiger partial charge in [-0.1, -0.05) is 30.7 Å². The van der Waals surface area contributed by atoms with Crippen LogP contribution in [-0.2, 0) is 11.3 Å². The van der Waals surface area contributed by atoms with Crippen molar-refractivity contribution < 1.29 is 9.47 Å². The normalized spacial score (nSPS) is 10.9. The Morgan fingerprint density at radius 1 is 1.28 bits per heavy atom. The molecule has 0 amide bonds. The molecule has 0 spiro atoms. The molecule has 0 radical (unpaired) electrons. The topological polar surface area (TPSA) is 30.5 Å². The summed E-state index contributed by atoms with van der Waals surface area (Å²) < 4.78 is 11.2. The minimum absolute atomic E-state index is 0.223. The maximum absolute atomic E-state index is 6.16. The summed E-state index contributed by atoms with van der Waals surface area (Å²) in [6.07, 6.45) is 0.223. The van der Waals surface area contributed by atoms with Crippen molar-refractivity contribution >= 4 is 11.6 Å². The van der Waals surface area contributed by atoms with E-state index in [0.29, 0.717) is 18.2 Å². The van der Waals surface area contributed by atoms with Crippen LogP contribution in [0.2, 0.25) is 5.02 Å². The van der Waals surface area contributed by atoms with Crippen LogP contribution in [-0.4, -0.2) is 25.9 Å². The third-order valence-electron chi connectivity index (χ3n) is 2.39. The average molecular weight is 272 g/mol. The number of benzene rings is 1. The van der Waals surface area contributed by atoms with Crippen molar-refractivity contribution in [3.05, 3.63) is 28.8 Å². The van der Waals surface area contributed by atoms with Gasteiger partial charge in [0.25, 0.3) is 0 Å². The molecule has 102 valence electrons. The average Bonchev–Trinajstić information content (AvgIpc) is 2.33. The van der Waals surface area contributed by atoms with Gasteiger partial charge in [-0.15, -0.1) is 0 Å². The minimum Gasteiger partial charge on any atom is -0.489 e. The predicted octanol–water partition coefficient (Wildman–Crippen LogP) is 3.25. The number of halogens is 1. The first-order chi connectivity index (χ1) is 8.65. The van der Waals surface area contributed by atoms with E-state index in [0.717, 1.165) is 24.4 Å². The molecule has 18 heavy (non-hydrogen) atoms. The molecule has 0 aromatic heterocycles. The molecule has 0 fully saturated rings. The largest absolute Gasteiger partial charge is 0.489 e. The molecule has 0 saturated heterocycles. The van der Waals surface area contributed by atoms with E-state index >= 15 is 0 Å². The molecule has 0 heterocycles. The molecule has 0 aliphatic heterocycles. The molecule has 1 rings (SSSR count). The lowest BCUT2D eigenvalue weighted by atomic mass is 10.2. The fourth-order valence-electron chi connectivity index (χ4n) is 1.54. The summed E-state index contributed by atoms with van der Waals surface area (Å²) in [7, 11) is 0. The van der Waals surface area contributed by atoms with E-state index in [4.69, 9.17) is 21.1 Å². The third kappa shape index (κ3) is 5.25. The molecule has 1 aromatic carbocycles. The number of ether oxygens (including phenoxy) is 2. The van der Waals surface area contributed by atoms with Gasteiger partial charge < -0.3 is 14.8 Å². The molecule has 0 atom stereocenters. The zero-order valence-corrected chi connectivity index (χ0v) is 12.1. The number of hydrogen-bond donors (Lipinski definition) is 1. The Labute approximate surface area is 114 Å². The van der Waals surface area contributed by atoms with E-state index in [1.807, 2.05) is 32.0 Å². The molecular weight excluding hydrogens is 250 g/mol. The quantitative estimate of drug-likeness (QED) is 0.736. The summed E-state index contributed by atoms with van der Waals surface area (Å²) >= 11 is 6.16. The SMILES string of the molecule is CCNCc1cccc(Cl)c1OCCOC(C)C. The maximum atomic E-state index is 6.16. The van der Waals surface area contributed by atoms with E-state index in [1.165, 1.54) is 0 Å². The van der Waals surface area contributed by atoms with Gasteiger partial charge in [0.1, 0.15) is 12.4 Å². The van der Waals surface area contributed by atoms with E-state index in [2.05, 4.69) is 12.2 Å². The van der Waals surface area contributed by atoms with Crippen LogP contribution in [0.1, 0.15) is 26.3 Å². The van der Waals surface area contributed by atoms with Gasteiger partial charge in [0, 0.05) is 12.1 Å². The minimum atomic E-state index is 0.223. The highest BCUT2D eigenvalue weighted by molar-refractivity contribution is 6.32. The summed E-state index contributed by atoms with van der Waals surface area (Å²) in [5.74, 6) is 0.757. The van der Waals surface area contributed by atoms with Crippen LogP contribution in [0.25, 0.3) is 0 Å². The zero-order chi connectivity index (χ0) is 13.4. The van der Waals surface area contributed by atoms with Crippen molar-refractivity contribution in [2.24, 2.45) is 0 Å². The Kier molecular flexibility index (Phi) is 7.09. The lowest BCUT2D eigenvalue weighted by molar-refractivity contribution is 0.0550. The van der Waals surface area contributed by atoms with Crippen LogP contribution < -0.4 is 10.1 Å². The van der Waals surface area contributed by atoms with Crippen LogP contribution in [0.15, 0.2) is 18.2 Å². The van der Waals surface area contributed by atoms with Gasteiger partial charge in [0.15, 0.2) is 0 Å². The van der Waals surface area contributed by atoms with Crippen molar-refractivity contribution in [1.82, 2.24) is 5.32 Å². The van der Waals surface area contributed by atoms with E-state index in [9.17, 15) is 0 Å². The Bertz CT molecular complexity index is 356. The monoisotopic (exact) mass is 271 g/mol. The molecule has 0 saturated carbocycles. The van der Waals surface area contributed by atoms with Crippen LogP contribution >= 0.6 is 11.6 Å². The maximum Gasteiger partial charge on any atom is 0.142 e. The lowest BCUT2D eigenvalue weighted by Gasteiger charge is -2.14. The molecule has 0 bridgehead atoms. The molecule has 4 heteroatoms. The summed E-state index contributed by atoms with van der Waals surface area (Å²) in [6, 6.07) is 5.80. The van der Waals surface area contributed by atoms with Crippen LogP contribution in [0.5, 0.6) is 5.75 Å². The lowest BCUT2D eigenvalue weighted by Crippen LogP contribution is -2.15. The van der Waals surface area contributed by atoms with Crippen molar-refractivity contribution in [2.75, 3.05) is 19.8 Å². The van der Waals surface area contributed by atoms with Gasteiger partial charge in [0.2, 0.25) is 0 Å². The van der Waals surface area contributed by atoms with Gasteiger partial charge in [0.05, 0.1) is 17.7 Å². The van der Waals surface area contributed by atoms with Gasteiger partial charge in [-0.25, -0.2) is 0 Å². The predicted molar refractivity (Wildman–Crippen MR) is 75.4 cm³/mol. The summed E-state index contributed by atoms with van der Waals surface area (Å²) in [5.41, 5.74) is 1.08. The van der Waals surface area contributed by atoms with Crippen molar-refractivity contribution in [3.8, 4) is 5.75 Å². The molecule has 1 N–H and O–H groups in total. The smallest absolute Gasteiger partial charge is 0.142 e. The van der Waals surface area contributed by atoms with E-state index in [1.54, 1.807) is 0 Å². The Hall–Kier alpha value is -0.770. The van der Waals surface area contributed by atoms with E-state index in [-0.39, 0.29) is 6.10 Å². The summed E-state index contributed by atoms with van der Waals surface area (Å²) in [4.78, 5) is 0. The Morgan fingerprint density at radius 2 is 2.06 bits per heavy atom. The van der Waals surface area contributed by atoms with Crippen LogP contribution in [0.3, 0.4) is 0 Å². The Balaban J connectivity index is 2.56. The molecule has 0 aliphatic carbocycles. The first-order valence-corrected chi connectivity index (χ1v) is 6.75. The molecule has 1 aromatic rings. The fraction of sp³-hybridized carbons (Fsp3) is 0.571. The van der Waals surface area contributed by atoms with Gasteiger partial charge in [-0.05, 0) is 26.5 Å². The zero-order valence-electron chi connectivity index (χ0n) is 11.3. The van der Waals surface area contributed by atoms with Gasteiger partial charge in [-0.3, -0.25) is 0 Å². The first kappa shape index (κ1) is 15.3. The summed E-state index contributed by atoms with van der Waals surface area (Å²) in [5, 5.41) is 3.92. The highest BCUT2D eigenvalue weighted by Gasteiger charge is 2.08. The second-order valence-corrected chi connectivity index (χ2v) is 4.68. The van der Waals surface area contributed by atoms with Crippen LogP contribution in [0.4, 0.5) is 0 Å². The standard InChI is InChI=1S/C14H22ClNO2/c1-4-16-10-12-6-5-7-13(15)14(12)18-9-8-17-11(2)3/h5-7,11,16H,4,8-10H2,1-3H3. The van der Waals surface area contributed by atoms with Crippen LogP contribution in [0, 0.1) is 0 Å². The van der Waals surface area contributed by atoms with Crippen molar-refractivity contribution in [1.29, 1.82) is 0 Å². The number of rotatable bonds is 8. The highest BCUT2D eigenvalue weighted by atomic mass is 35.5. The second kappa shape index (κ2) is 8.35. The molecular formula is C14H22ClNO2. The number of para-hydroxylation sites is 1. The van der Waals surface area contributed by atoms with Crippen molar-refractivity contribution in [2.45, 2.75) is 33.4 Å². The van der Waals surface area contributed by atoms with Gasteiger partial charge >= 0.3 is 0 Å². The molecule has 0 aliphatic rings. The van der Waals surface area contributed by atoms with E-state index < -0.39 is 0 Å². The third-order valence-corrected chi connectivity index (χ3v) is 2.69. The number of hydrogen-bond acceptors (Lipinski definition) is 3. The number of nitrogens with one attached hydrogen (secondary N) is 1. The summed E-state index contributed by atoms with van der Waals surface area (Å²) in [6.45, 7) is 8.85. The fourth-order valence-corrected chi connectivity index (χ4v) is 1.79. The Morgan fingerprint density at radius 3 is 2.72 bits per heavy atom. The molecule has 0 unspecified atom stereocenters. The highest BCUT2D eigenvalue weighted by Crippen LogP contribution is 2.28. The first-order valence-electron chi connectivity index (χ1n) is 6.37. The molecule has 3 nitrogen and oxygen atoms in total.